The molecule has 0 aliphatic carbocycles. The first-order valence-electron chi connectivity index (χ1n) is 12.8. The second-order valence-corrected chi connectivity index (χ2v) is 12.4. The predicted molar refractivity (Wildman–Crippen MR) is 161 cm³/mol. The minimum absolute atomic E-state index is 0.00924. The Bertz CT molecular complexity index is 1430. The summed E-state index contributed by atoms with van der Waals surface area (Å²) in [5.41, 5.74) is 0.827. The smallest absolute Gasteiger partial charge is 0.264 e. The van der Waals surface area contributed by atoms with Crippen LogP contribution < -0.4 is 9.62 Å². The van der Waals surface area contributed by atoms with Crippen LogP contribution in [0.4, 0.5) is 5.69 Å². The van der Waals surface area contributed by atoms with E-state index in [-0.39, 0.29) is 29.1 Å². The van der Waals surface area contributed by atoms with E-state index in [0.717, 1.165) is 4.31 Å². The van der Waals surface area contributed by atoms with Crippen molar-refractivity contribution in [3.05, 3.63) is 93.4 Å². The molecule has 3 aromatic rings. The molecule has 0 aliphatic heterocycles. The summed E-state index contributed by atoms with van der Waals surface area (Å²) in [5.74, 6) is -0.907. The lowest BCUT2D eigenvalue weighted by Gasteiger charge is -2.34. The highest BCUT2D eigenvalue weighted by atomic mass is 35.5. The van der Waals surface area contributed by atoms with Crippen molar-refractivity contribution in [2.75, 3.05) is 10.8 Å². The molecular formula is C29H32Cl3N3O4S. The fraction of sp³-hybridized carbons (Fsp3) is 0.310. The Morgan fingerprint density at radius 2 is 1.55 bits per heavy atom. The van der Waals surface area contributed by atoms with Gasteiger partial charge in [-0.15, -0.1) is 0 Å². The molecule has 214 valence electrons. The molecule has 1 N–H and O–H groups in total. The number of carbonyl (C=O) groups is 2. The third kappa shape index (κ3) is 7.91. The number of sulfonamides is 1. The number of carbonyl (C=O) groups excluding carboxylic acids is 2. The summed E-state index contributed by atoms with van der Waals surface area (Å²) >= 11 is 18.6. The molecule has 3 aromatic carbocycles. The molecule has 7 nitrogen and oxygen atoms in total. The van der Waals surface area contributed by atoms with Gasteiger partial charge in [0.1, 0.15) is 12.6 Å². The van der Waals surface area contributed by atoms with Crippen LogP contribution >= 0.6 is 34.8 Å². The van der Waals surface area contributed by atoms with E-state index in [2.05, 4.69) is 5.32 Å². The van der Waals surface area contributed by atoms with Gasteiger partial charge in [0.25, 0.3) is 10.0 Å². The van der Waals surface area contributed by atoms with Crippen molar-refractivity contribution < 1.29 is 18.0 Å². The maximum absolute atomic E-state index is 14.1. The molecule has 3 rings (SSSR count). The minimum atomic E-state index is -4.23. The molecule has 0 unspecified atom stereocenters. The van der Waals surface area contributed by atoms with Gasteiger partial charge in [-0.2, -0.15) is 0 Å². The Kier molecular flexibility index (Phi) is 11.3. The van der Waals surface area contributed by atoms with Crippen molar-refractivity contribution in [2.45, 2.75) is 57.1 Å². The normalized spacial score (nSPS) is 12.8. The van der Waals surface area contributed by atoms with E-state index >= 15 is 0 Å². The number of halogens is 3. The molecule has 11 heteroatoms. The number of rotatable bonds is 12. The van der Waals surface area contributed by atoms with Gasteiger partial charge in [0.15, 0.2) is 0 Å². The monoisotopic (exact) mass is 623 g/mol. The standard InChI is InChI=1S/C29H32Cl3N3O4S/c1-4-20(3)33-29(37)27(5-2)34(18-21-9-6-7-12-26(21)32)28(36)19-35(24-11-8-10-23(31)17-24)40(38,39)25-15-13-22(30)14-16-25/h6-17,20,27H,4-5,18-19H2,1-3H3,(H,33,37)/t20-,27+/m0/s1. The predicted octanol–water partition coefficient (Wildman–Crippen LogP) is 6.56. The first-order valence-corrected chi connectivity index (χ1v) is 15.4. The Morgan fingerprint density at radius 1 is 0.875 bits per heavy atom. The fourth-order valence-corrected chi connectivity index (χ4v) is 5.98. The van der Waals surface area contributed by atoms with Gasteiger partial charge in [0.05, 0.1) is 10.6 Å². The van der Waals surface area contributed by atoms with Crippen LogP contribution in [0.1, 0.15) is 39.2 Å². The summed E-state index contributed by atoms with van der Waals surface area (Å²) in [4.78, 5) is 28.7. The van der Waals surface area contributed by atoms with Crippen molar-refractivity contribution in [1.29, 1.82) is 0 Å². The van der Waals surface area contributed by atoms with Crippen LogP contribution in [0, 0.1) is 0 Å². The van der Waals surface area contributed by atoms with Gasteiger partial charge in [0, 0.05) is 27.7 Å². The Hall–Kier alpha value is -2.78. The number of hydrogen-bond donors (Lipinski definition) is 1. The lowest BCUT2D eigenvalue weighted by atomic mass is 10.1. The van der Waals surface area contributed by atoms with E-state index in [0.29, 0.717) is 33.5 Å². The molecule has 0 spiro atoms. The minimum Gasteiger partial charge on any atom is -0.352 e. The van der Waals surface area contributed by atoms with Crippen molar-refractivity contribution in [2.24, 2.45) is 0 Å². The summed E-state index contributed by atoms with van der Waals surface area (Å²) in [6.45, 7) is 5.05. The van der Waals surface area contributed by atoms with Gasteiger partial charge in [-0.05, 0) is 73.9 Å². The van der Waals surface area contributed by atoms with Crippen molar-refractivity contribution in [3.63, 3.8) is 0 Å². The third-order valence-corrected chi connectivity index (χ3v) is 9.11. The molecule has 0 saturated heterocycles. The van der Waals surface area contributed by atoms with Crippen molar-refractivity contribution >= 4 is 62.3 Å². The van der Waals surface area contributed by atoms with Crippen LogP contribution in [0.25, 0.3) is 0 Å². The lowest BCUT2D eigenvalue weighted by Crippen LogP contribution is -2.53. The summed E-state index contributed by atoms with van der Waals surface area (Å²) < 4.78 is 28.7. The fourth-order valence-electron chi connectivity index (χ4n) is 4.06. The molecule has 0 saturated carbocycles. The highest BCUT2D eigenvalue weighted by Crippen LogP contribution is 2.28. The summed E-state index contributed by atoms with van der Waals surface area (Å²) in [6, 6.07) is 17.9. The zero-order valence-electron chi connectivity index (χ0n) is 22.5. The highest BCUT2D eigenvalue weighted by molar-refractivity contribution is 7.92. The topological polar surface area (TPSA) is 86.8 Å². The average Bonchev–Trinajstić information content (AvgIpc) is 2.92. The van der Waals surface area contributed by atoms with E-state index in [1.54, 1.807) is 49.4 Å². The number of anilines is 1. The van der Waals surface area contributed by atoms with E-state index < -0.39 is 28.5 Å². The number of hydrogen-bond acceptors (Lipinski definition) is 4. The second kappa shape index (κ2) is 14.2. The van der Waals surface area contributed by atoms with Gasteiger partial charge in [-0.3, -0.25) is 13.9 Å². The van der Waals surface area contributed by atoms with Crippen LogP contribution in [0.15, 0.2) is 77.7 Å². The summed E-state index contributed by atoms with van der Waals surface area (Å²) in [5, 5.41) is 4.04. The molecule has 0 radical (unpaired) electrons. The van der Waals surface area contributed by atoms with Crippen LogP contribution in [0.5, 0.6) is 0 Å². The molecule has 2 atom stereocenters. The first kappa shape index (κ1) is 31.7. The van der Waals surface area contributed by atoms with Gasteiger partial charge in [-0.25, -0.2) is 8.42 Å². The SMILES string of the molecule is CC[C@H](C(=O)N[C@@H](C)CC)N(Cc1ccccc1Cl)C(=O)CN(c1cccc(Cl)c1)S(=O)(=O)c1ccc(Cl)cc1. The summed E-state index contributed by atoms with van der Waals surface area (Å²) in [6.07, 6.45) is 1.02. The van der Waals surface area contributed by atoms with E-state index in [9.17, 15) is 18.0 Å². The van der Waals surface area contributed by atoms with Crippen LogP contribution in [0.3, 0.4) is 0 Å². The number of nitrogens with one attached hydrogen (secondary N) is 1. The van der Waals surface area contributed by atoms with Gasteiger partial charge in [-0.1, -0.05) is 72.9 Å². The second-order valence-electron chi connectivity index (χ2n) is 9.30. The maximum atomic E-state index is 14.1. The van der Waals surface area contributed by atoms with Gasteiger partial charge < -0.3 is 10.2 Å². The number of benzene rings is 3. The number of amides is 2. The molecule has 0 heterocycles. The molecular weight excluding hydrogens is 593 g/mol. The van der Waals surface area contributed by atoms with E-state index in [1.807, 2.05) is 13.8 Å². The number of nitrogens with zero attached hydrogens (tertiary/aromatic N) is 2. The molecule has 0 aliphatic rings. The maximum Gasteiger partial charge on any atom is 0.264 e. The van der Waals surface area contributed by atoms with Crippen LogP contribution in [-0.2, 0) is 26.2 Å². The van der Waals surface area contributed by atoms with Crippen LogP contribution in [-0.4, -0.2) is 43.8 Å². The van der Waals surface area contributed by atoms with Crippen LogP contribution in [0.2, 0.25) is 15.1 Å². The lowest BCUT2D eigenvalue weighted by molar-refractivity contribution is -0.140. The Balaban J connectivity index is 2.07. The van der Waals surface area contributed by atoms with Crippen molar-refractivity contribution in [3.8, 4) is 0 Å². The molecule has 0 aromatic heterocycles. The molecule has 40 heavy (non-hydrogen) atoms. The Morgan fingerprint density at radius 3 is 2.15 bits per heavy atom. The molecule has 0 fully saturated rings. The average molecular weight is 625 g/mol. The van der Waals surface area contributed by atoms with E-state index in [4.69, 9.17) is 34.8 Å². The zero-order valence-corrected chi connectivity index (χ0v) is 25.6. The molecule has 2 amide bonds. The quantitative estimate of drug-likeness (QED) is 0.247. The first-order chi connectivity index (χ1) is 19.0. The largest absolute Gasteiger partial charge is 0.352 e. The zero-order chi connectivity index (χ0) is 29.4. The van der Waals surface area contributed by atoms with Crippen molar-refractivity contribution in [1.82, 2.24) is 10.2 Å². The molecule has 0 bridgehead atoms. The summed E-state index contributed by atoms with van der Waals surface area (Å²) in [7, 11) is -4.23. The Labute approximate surface area is 251 Å². The third-order valence-electron chi connectivity index (χ3n) is 6.46. The van der Waals surface area contributed by atoms with Gasteiger partial charge >= 0.3 is 0 Å². The van der Waals surface area contributed by atoms with Gasteiger partial charge in [0.2, 0.25) is 11.8 Å². The van der Waals surface area contributed by atoms with E-state index in [1.165, 1.54) is 35.2 Å². The highest BCUT2D eigenvalue weighted by Gasteiger charge is 2.34.